The number of hydrogen-bond donors (Lipinski definition) is 3. The number of hydrogen-bond acceptors (Lipinski definition) is 4. The van der Waals surface area contributed by atoms with Gasteiger partial charge in [-0.3, -0.25) is 0 Å². The fraction of sp³-hybridized carbons (Fsp3) is 0.909. The third-order valence-corrected chi connectivity index (χ3v) is 2.02. The summed E-state index contributed by atoms with van der Waals surface area (Å²) in [5.41, 5.74) is -1.70. The summed E-state index contributed by atoms with van der Waals surface area (Å²) in [5.74, 6) is -0.684. The first-order valence-electron chi connectivity index (χ1n) is 5.60. The maximum absolute atomic E-state index is 10.5. The van der Waals surface area contributed by atoms with Crippen molar-refractivity contribution in [3.05, 3.63) is 0 Å². The van der Waals surface area contributed by atoms with Crippen molar-refractivity contribution in [2.45, 2.75) is 32.8 Å². The molecule has 0 saturated carbocycles. The highest BCUT2D eigenvalue weighted by molar-refractivity contribution is 5.76. The van der Waals surface area contributed by atoms with Gasteiger partial charge in [0.25, 0.3) is 0 Å². The summed E-state index contributed by atoms with van der Waals surface area (Å²) in [6, 6.07) is 0. The van der Waals surface area contributed by atoms with Crippen LogP contribution >= 0.6 is 0 Å². The highest BCUT2D eigenvalue weighted by atomic mass is 16.5. The minimum atomic E-state index is -1.70. The molecule has 16 heavy (non-hydrogen) atoms. The van der Waals surface area contributed by atoms with Crippen molar-refractivity contribution in [3.63, 3.8) is 0 Å². The maximum atomic E-state index is 10.5. The normalized spacial score (nSPS) is 15.1. The molecule has 0 radical (unpaired) electrons. The SMILES string of the molecule is CC(C)COCCCNCC(C)(O)C(=O)O. The van der Waals surface area contributed by atoms with Gasteiger partial charge in [0.1, 0.15) is 0 Å². The van der Waals surface area contributed by atoms with Gasteiger partial charge in [-0.25, -0.2) is 4.79 Å². The number of carboxylic acid groups (broad SMARTS) is 1. The van der Waals surface area contributed by atoms with Gasteiger partial charge < -0.3 is 20.3 Å². The molecule has 1 unspecified atom stereocenters. The van der Waals surface area contributed by atoms with Gasteiger partial charge in [0.15, 0.2) is 5.60 Å². The molecule has 0 aromatic rings. The second-order valence-electron chi connectivity index (χ2n) is 4.58. The predicted octanol–water partition coefficient (Wildman–Crippen LogP) is 0.474. The lowest BCUT2D eigenvalue weighted by Crippen LogP contribution is -2.45. The topological polar surface area (TPSA) is 78.8 Å². The van der Waals surface area contributed by atoms with E-state index in [0.29, 0.717) is 19.1 Å². The van der Waals surface area contributed by atoms with Gasteiger partial charge in [0, 0.05) is 19.8 Å². The maximum Gasteiger partial charge on any atom is 0.336 e. The monoisotopic (exact) mass is 233 g/mol. The Kier molecular flexibility index (Phi) is 7.29. The first-order valence-corrected chi connectivity index (χ1v) is 5.60. The minimum absolute atomic E-state index is 0.0481. The van der Waals surface area contributed by atoms with E-state index in [1.165, 1.54) is 6.92 Å². The number of carboxylic acids is 1. The first kappa shape index (κ1) is 15.3. The van der Waals surface area contributed by atoms with Gasteiger partial charge in [-0.2, -0.15) is 0 Å². The lowest BCUT2D eigenvalue weighted by Gasteiger charge is -2.18. The van der Waals surface area contributed by atoms with Crippen molar-refractivity contribution in [3.8, 4) is 0 Å². The van der Waals surface area contributed by atoms with Crippen molar-refractivity contribution >= 4 is 5.97 Å². The van der Waals surface area contributed by atoms with Crippen LogP contribution in [0.15, 0.2) is 0 Å². The summed E-state index contributed by atoms with van der Waals surface area (Å²) in [6.07, 6.45) is 0.808. The Labute approximate surface area is 96.8 Å². The molecule has 0 saturated heterocycles. The molecule has 0 spiro atoms. The van der Waals surface area contributed by atoms with Crippen LogP contribution in [0.1, 0.15) is 27.2 Å². The van der Waals surface area contributed by atoms with Crippen LogP contribution in [0.25, 0.3) is 0 Å². The molecule has 0 aliphatic rings. The van der Waals surface area contributed by atoms with Crippen LogP contribution in [0, 0.1) is 5.92 Å². The van der Waals surface area contributed by atoms with E-state index < -0.39 is 11.6 Å². The van der Waals surface area contributed by atoms with E-state index in [1.54, 1.807) is 0 Å². The second-order valence-corrected chi connectivity index (χ2v) is 4.58. The zero-order valence-corrected chi connectivity index (χ0v) is 10.3. The van der Waals surface area contributed by atoms with Crippen molar-refractivity contribution in [1.29, 1.82) is 0 Å². The molecule has 5 nitrogen and oxygen atoms in total. The average Bonchev–Trinajstić information content (AvgIpc) is 2.15. The molecule has 96 valence electrons. The largest absolute Gasteiger partial charge is 0.479 e. The molecule has 0 fully saturated rings. The molecule has 3 N–H and O–H groups in total. The Bertz CT molecular complexity index is 204. The molecular formula is C11H23NO4. The zero-order chi connectivity index (χ0) is 12.6. The molecule has 1 atom stereocenters. The third kappa shape index (κ3) is 7.62. The summed E-state index contributed by atoms with van der Waals surface area (Å²) in [4.78, 5) is 10.5. The highest BCUT2D eigenvalue weighted by Crippen LogP contribution is 2.00. The second kappa shape index (κ2) is 7.60. The Hall–Kier alpha value is -0.650. The standard InChI is InChI=1S/C11H23NO4/c1-9(2)7-16-6-4-5-12-8-11(3,15)10(13)14/h9,12,15H,4-8H2,1-3H3,(H,13,14). The van der Waals surface area contributed by atoms with Crippen molar-refractivity contribution in [2.75, 3.05) is 26.3 Å². The average molecular weight is 233 g/mol. The van der Waals surface area contributed by atoms with E-state index in [9.17, 15) is 9.90 Å². The van der Waals surface area contributed by atoms with E-state index in [0.717, 1.165) is 13.0 Å². The van der Waals surface area contributed by atoms with E-state index in [-0.39, 0.29) is 6.54 Å². The number of ether oxygens (including phenoxy) is 1. The Balaban J connectivity index is 3.37. The van der Waals surface area contributed by atoms with Gasteiger partial charge >= 0.3 is 5.97 Å². The lowest BCUT2D eigenvalue weighted by molar-refractivity contribution is -0.156. The van der Waals surface area contributed by atoms with Crippen LogP contribution in [-0.2, 0) is 9.53 Å². The van der Waals surface area contributed by atoms with Crippen LogP contribution in [-0.4, -0.2) is 48.1 Å². The summed E-state index contributed by atoms with van der Waals surface area (Å²) in [7, 11) is 0. The van der Waals surface area contributed by atoms with Crippen LogP contribution in [0.5, 0.6) is 0 Å². The molecule has 0 aliphatic heterocycles. The van der Waals surface area contributed by atoms with Crippen molar-refractivity contribution < 1.29 is 19.7 Å². The Morgan fingerprint density at radius 2 is 2.12 bits per heavy atom. The van der Waals surface area contributed by atoms with Crippen molar-refractivity contribution in [1.82, 2.24) is 5.32 Å². The molecule has 0 heterocycles. The number of rotatable bonds is 9. The third-order valence-electron chi connectivity index (χ3n) is 2.02. The summed E-state index contributed by atoms with van der Waals surface area (Å²) < 4.78 is 5.36. The summed E-state index contributed by atoms with van der Waals surface area (Å²) in [6.45, 7) is 7.53. The fourth-order valence-electron chi connectivity index (χ4n) is 1.03. The predicted molar refractivity (Wildman–Crippen MR) is 61.4 cm³/mol. The number of aliphatic hydroxyl groups is 1. The summed E-state index contributed by atoms with van der Waals surface area (Å²) >= 11 is 0. The number of carbonyl (C=O) groups is 1. The van der Waals surface area contributed by atoms with Gasteiger partial charge in [-0.1, -0.05) is 13.8 Å². The minimum Gasteiger partial charge on any atom is -0.479 e. The Morgan fingerprint density at radius 1 is 1.50 bits per heavy atom. The first-order chi connectivity index (χ1) is 7.36. The molecule has 0 rings (SSSR count). The molecule has 0 amide bonds. The molecule has 0 aliphatic carbocycles. The number of aliphatic carboxylic acids is 1. The molecular weight excluding hydrogens is 210 g/mol. The molecule has 5 heteroatoms. The van der Waals surface area contributed by atoms with E-state index in [1.807, 2.05) is 0 Å². The van der Waals surface area contributed by atoms with Crippen LogP contribution < -0.4 is 5.32 Å². The zero-order valence-electron chi connectivity index (χ0n) is 10.3. The lowest BCUT2D eigenvalue weighted by atomic mass is 10.1. The number of nitrogens with one attached hydrogen (secondary N) is 1. The van der Waals surface area contributed by atoms with Crippen LogP contribution in [0.3, 0.4) is 0 Å². The smallest absolute Gasteiger partial charge is 0.336 e. The highest BCUT2D eigenvalue weighted by Gasteiger charge is 2.28. The van der Waals surface area contributed by atoms with Gasteiger partial charge in [-0.05, 0) is 25.8 Å². The van der Waals surface area contributed by atoms with E-state index in [2.05, 4.69) is 19.2 Å². The van der Waals surface area contributed by atoms with Gasteiger partial charge in [-0.15, -0.1) is 0 Å². The molecule has 0 aromatic heterocycles. The quantitative estimate of drug-likeness (QED) is 0.505. The van der Waals surface area contributed by atoms with Crippen LogP contribution in [0.4, 0.5) is 0 Å². The molecule has 0 aromatic carbocycles. The Morgan fingerprint density at radius 3 is 2.62 bits per heavy atom. The summed E-state index contributed by atoms with van der Waals surface area (Å²) in [5, 5.41) is 20.9. The van der Waals surface area contributed by atoms with Crippen LogP contribution in [0.2, 0.25) is 0 Å². The fourth-order valence-corrected chi connectivity index (χ4v) is 1.03. The van der Waals surface area contributed by atoms with Gasteiger partial charge in [0.05, 0.1) is 0 Å². The van der Waals surface area contributed by atoms with E-state index >= 15 is 0 Å². The van der Waals surface area contributed by atoms with Gasteiger partial charge in [0.2, 0.25) is 0 Å². The van der Waals surface area contributed by atoms with E-state index in [4.69, 9.17) is 9.84 Å². The van der Waals surface area contributed by atoms with Crippen molar-refractivity contribution in [2.24, 2.45) is 5.92 Å². The molecule has 0 bridgehead atoms.